The number of methoxy groups -OCH3 is 1. The number of halogens is 2. The third-order valence-electron chi connectivity index (χ3n) is 3.22. The van der Waals surface area contributed by atoms with Gasteiger partial charge >= 0.3 is 0 Å². The topological polar surface area (TPSA) is 77.2 Å². The molecule has 0 aliphatic rings. The van der Waals surface area contributed by atoms with Crippen LogP contribution in [0.4, 0.5) is 25.4 Å². The van der Waals surface area contributed by atoms with Crippen LogP contribution in [0.1, 0.15) is 29.9 Å². The molecule has 0 saturated carbocycles. The van der Waals surface area contributed by atoms with E-state index >= 15 is 0 Å². The molecule has 124 valence electrons. The average molecular weight is 341 g/mol. The van der Waals surface area contributed by atoms with Gasteiger partial charge in [-0.1, -0.05) is 11.3 Å². The summed E-state index contributed by atoms with van der Waals surface area (Å²) in [4.78, 5) is 16.6. The van der Waals surface area contributed by atoms with E-state index in [2.05, 4.69) is 10.3 Å². The van der Waals surface area contributed by atoms with Gasteiger partial charge in [0.05, 0.1) is 5.60 Å². The van der Waals surface area contributed by atoms with Gasteiger partial charge < -0.3 is 15.8 Å². The molecule has 3 N–H and O–H groups in total. The maximum atomic E-state index is 13.2. The second kappa shape index (κ2) is 6.59. The van der Waals surface area contributed by atoms with E-state index in [1.54, 1.807) is 13.8 Å². The van der Waals surface area contributed by atoms with Crippen LogP contribution in [0.25, 0.3) is 0 Å². The van der Waals surface area contributed by atoms with Crippen LogP contribution in [0.2, 0.25) is 0 Å². The van der Waals surface area contributed by atoms with Crippen LogP contribution in [-0.4, -0.2) is 23.5 Å². The Morgan fingerprint density at radius 2 is 2.09 bits per heavy atom. The number of hydrogen-bond acceptors (Lipinski definition) is 6. The van der Waals surface area contributed by atoms with Crippen molar-refractivity contribution in [2.24, 2.45) is 0 Å². The Bertz CT molecular complexity index is 732. The van der Waals surface area contributed by atoms with Gasteiger partial charge in [0.15, 0.2) is 22.5 Å². The summed E-state index contributed by atoms with van der Waals surface area (Å²) in [7, 11) is 1.53. The van der Waals surface area contributed by atoms with E-state index in [1.165, 1.54) is 13.2 Å². The molecule has 0 aliphatic heterocycles. The van der Waals surface area contributed by atoms with Crippen LogP contribution in [0.5, 0.6) is 0 Å². The fourth-order valence-corrected chi connectivity index (χ4v) is 2.66. The molecule has 23 heavy (non-hydrogen) atoms. The summed E-state index contributed by atoms with van der Waals surface area (Å²) in [6.45, 7) is 3.59. The van der Waals surface area contributed by atoms with Crippen LogP contribution >= 0.6 is 11.3 Å². The van der Waals surface area contributed by atoms with Gasteiger partial charge in [0.25, 0.3) is 0 Å². The molecule has 2 rings (SSSR count). The lowest BCUT2D eigenvalue weighted by atomic mass is 10.0. The quantitative estimate of drug-likeness (QED) is 0.783. The summed E-state index contributed by atoms with van der Waals surface area (Å²) in [6, 6.07) is 3.37. The number of carbonyl (C=O) groups excluding carboxylic acids is 1. The van der Waals surface area contributed by atoms with Gasteiger partial charge in [-0.05, 0) is 26.0 Å². The van der Waals surface area contributed by atoms with E-state index in [9.17, 15) is 13.6 Å². The number of nitrogen functional groups attached to an aromatic ring is 1. The van der Waals surface area contributed by atoms with Gasteiger partial charge in [-0.25, -0.2) is 13.8 Å². The third kappa shape index (κ3) is 4.23. The van der Waals surface area contributed by atoms with Crippen LogP contribution in [0, 0.1) is 11.6 Å². The highest BCUT2D eigenvalue weighted by atomic mass is 32.1. The molecule has 1 aromatic heterocycles. The number of ether oxygens (including phenoxy) is 1. The second-order valence-corrected chi connectivity index (χ2v) is 6.55. The molecule has 0 spiro atoms. The fraction of sp³-hybridized carbons (Fsp3) is 0.333. The van der Waals surface area contributed by atoms with Crippen molar-refractivity contribution in [1.82, 2.24) is 4.98 Å². The lowest BCUT2D eigenvalue weighted by Gasteiger charge is -2.21. The van der Waals surface area contributed by atoms with Crippen molar-refractivity contribution in [3.8, 4) is 0 Å². The van der Waals surface area contributed by atoms with E-state index in [0.717, 1.165) is 23.5 Å². The largest absolute Gasteiger partial charge is 0.382 e. The molecule has 0 unspecified atom stereocenters. The summed E-state index contributed by atoms with van der Waals surface area (Å²) in [6.07, 6.45) is 0.153. The Hall–Kier alpha value is -2.06. The number of anilines is 3. The normalized spacial score (nSPS) is 11.5. The average Bonchev–Trinajstić information content (AvgIpc) is 2.83. The first-order valence-electron chi connectivity index (χ1n) is 6.78. The highest BCUT2D eigenvalue weighted by Gasteiger charge is 2.25. The van der Waals surface area contributed by atoms with Crippen molar-refractivity contribution < 1.29 is 18.3 Å². The molecule has 0 aliphatic carbocycles. The van der Waals surface area contributed by atoms with Crippen molar-refractivity contribution in [2.75, 3.05) is 18.2 Å². The van der Waals surface area contributed by atoms with E-state index in [-0.39, 0.29) is 18.0 Å². The second-order valence-electron chi connectivity index (χ2n) is 5.55. The summed E-state index contributed by atoms with van der Waals surface area (Å²) >= 11 is 1.06. The van der Waals surface area contributed by atoms with Gasteiger partial charge in [0.1, 0.15) is 10.7 Å². The molecule has 1 aromatic carbocycles. The van der Waals surface area contributed by atoms with Gasteiger partial charge in [-0.3, -0.25) is 4.79 Å². The zero-order chi connectivity index (χ0) is 17.2. The van der Waals surface area contributed by atoms with Crippen LogP contribution < -0.4 is 11.1 Å². The Morgan fingerprint density at radius 3 is 2.70 bits per heavy atom. The number of benzene rings is 1. The highest BCUT2D eigenvalue weighted by molar-refractivity contribution is 7.18. The zero-order valence-electron chi connectivity index (χ0n) is 12.9. The van der Waals surface area contributed by atoms with Crippen molar-refractivity contribution in [1.29, 1.82) is 0 Å². The van der Waals surface area contributed by atoms with Crippen molar-refractivity contribution in [3.05, 3.63) is 34.7 Å². The molecule has 1 heterocycles. The van der Waals surface area contributed by atoms with Gasteiger partial charge in [0, 0.05) is 25.3 Å². The summed E-state index contributed by atoms with van der Waals surface area (Å²) in [5.41, 5.74) is 5.48. The molecular weight excluding hydrogens is 324 g/mol. The molecule has 0 radical (unpaired) electrons. The molecule has 0 bridgehead atoms. The lowest BCUT2D eigenvalue weighted by molar-refractivity contribution is 0.0173. The molecular formula is C15H17F2N3O2S. The van der Waals surface area contributed by atoms with Crippen molar-refractivity contribution >= 4 is 33.8 Å². The van der Waals surface area contributed by atoms with E-state index < -0.39 is 17.2 Å². The number of ketones is 1. The molecule has 8 heteroatoms. The number of nitrogens with one attached hydrogen (secondary N) is 1. The number of hydrogen-bond donors (Lipinski definition) is 2. The standard InChI is InChI=1S/C15H17F2N3O2S/c1-15(2,22-3)7-11(21)12-13(18)20-14(23-12)19-8-4-5-9(16)10(17)6-8/h4-6H,7,18H2,1-3H3,(H,19,20). The number of Topliss-reactive ketones (excluding diaryl/α,β-unsaturated/α-hetero) is 1. The molecule has 0 saturated heterocycles. The number of carbonyl (C=O) groups is 1. The zero-order valence-corrected chi connectivity index (χ0v) is 13.8. The summed E-state index contributed by atoms with van der Waals surface area (Å²) in [5, 5.41) is 3.13. The predicted molar refractivity (Wildman–Crippen MR) is 86.2 cm³/mol. The molecule has 0 fully saturated rings. The number of rotatable bonds is 6. The molecule has 0 amide bonds. The van der Waals surface area contributed by atoms with Gasteiger partial charge in [-0.15, -0.1) is 0 Å². The molecule has 5 nitrogen and oxygen atoms in total. The van der Waals surface area contributed by atoms with Gasteiger partial charge in [-0.2, -0.15) is 0 Å². The van der Waals surface area contributed by atoms with E-state index in [0.29, 0.717) is 15.7 Å². The number of nitrogens with zero attached hydrogens (tertiary/aromatic N) is 1. The summed E-state index contributed by atoms with van der Waals surface area (Å²) < 4.78 is 31.3. The lowest BCUT2D eigenvalue weighted by Crippen LogP contribution is -2.26. The number of nitrogens with two attached hydrogens (primary N) is 1. The first-order valence-corrected chi connectivity index (χ1v) is 7.60. The Morgan fingerprint density at radius 1 is 1.39 bits per heavy atom. The SMILES string of the molecule is COC(C)(C)CC(=O)c1sc(Nc2ccc(F)c(F)c2)nc1N. The molecule has 0 atom stereocenters. The van der Waals surface area contributed by atoms with Crippen LogP contribution in [0.3, 0.4) is 0 Å². The van der Waals surface area contributed by atoms with Crippen LogP contribution in [0.15, 0.2) is 18.2 Å². The number of aromatic nitrogens is 1. The minimum absolute atomic E-state index is 0.0944. The van der Waals surface area contributed by atoms with E-state index in [1.807, 2.05) is 0 Å². The minimum Gasteiger partial charge on any atom is -0.382 e. The highest BCUT2D eigenvalue weighted by Crippen LogP contribution is 2.30. The van der Waals surface area contributed by atoms with Crippen molar-refractivity contribution in [3.63, 3.8) is 0 Å². The Labute approximate surface area is 136 Å². The maximum absolute atomic E-state index is 13.2. The summed E-state index contributed by atoms with van der Waals surface area (Å²) in [5.74, 6) is -2.01. The van der Waals surface area contributed by atoms with E-state index in [4.69, 9.17) is 10.5 Å². The Kier molecular flexibility index (Phi) is 4.96. The fourth-order valence-electron chi connectivity index (χ4n) is 1.82. The number of thiazole rings is 1. The molecule has 2 aromatic rings. The van der Waals surface area contributed by atoms with Gasteiger partial charge in [0.2, 0.25) is 0 Å². The van der Waals surface area contributed by atoms with Crippen molar-refractivity contribution in [2.45, 2.75) is 25.9 Å². The minimum atomic E-state index is -0.974. The predicted octanol–water partition coefficient (Wildman–Crippen LogP) is 3.74. The van der Waals surface area contributed by atoms with Crippen LogP contribution in [-0.2, 0) is 4.74 Å². The maximum Gasteiger partial charge on any atom is 0.189 e. The Balaban J connectivity index is 2.17. The first kappa shape index (κ1) is 17.3. The smallest absolute Gasteiger partial charge is 0.189 e. The first-order chi connectivity index (χ1) is 10.7. The monoisotopic (exact) mass is 341 g/mol. The third-order valence-corrected chi connectivity index (χ3v) is 4.24.